The van der Waals surface area contributed by atoms with Gasteiger partial charge in [0.2, 0.25) is 5.91 Å². The van der Waals surface area contributed by atoms with Crippen LogP contribution in [-0.2, 0) is 4.79 Å². The average Bonchev–Trinajstić information content (AvgIpc) is 3.33. The van der Waals surface area contributed by atoms with Gasteiger partial charge >= 0.3 is 0 Å². The molecule has 3 N–H and O–H groups in total. The summed E-state index contributed by atoms with van der Waals surface area (Å²) in [6.45, 7) is 3.88. The SMILES string of the molecule is C[C@H]1C[C@@H](NC(=O)C2(N)CC2)CN(c2ccnc3nccnc23)C1. The van der Waals surface area contributed by atoms with Gasteiger partial charge in [-0.25, -0.2) is 15.0 Å². The van der Waals surface area contributed by atoms with E-state index in [0.717, 1.165) is 43.6 Å². The second-order valence-electron chi connectivity index (χ2n) is 7.13. The number of hydrogen-bond donors (Lipinski definition) is 2. The largest absolute Gasteiger partial charge is 0.367 e. The number of aromatic nitrogens is 3. The van der Waals surface area contributed by atoms with Crippen LogP contribution in [0.3, 0.4) is 0 Å². The Bertz CT molecular complexity index is 769. The molecule has 0 bridgehead atoms. The smallest absolute Gasteiger partial charge is 0.240 e. The average molecular weight is 326 g/mol. The molecule has 1 saturated heterocycles. The predicted octanol–water partition coefficient (Wildman–Crippen LogP) is 0.847. The van der Waals surface area contributed by atoms with E-state index in [-0.39, 0.29) is 11.9 Å². The van der Waals surface area contributed by atoms with E-state index in [0.29, 0.717) is 11.6 Å². The maximum absolute atomic E-state index is 12.3. The molecule has 1 amide bonds. The van der Waals surface area contributed by atoms with Crippen molar-refractivity contribution in [1.82, 2.24) is 20.3 Å². The van der Waals surface area contributed by atoms with E-state index >= 15 is 0 Å². The van der Waals surface area contributed by atoms with Crippen LogP contribution in [-0.4, -0.2) is 45.5 Å². The number of nitrogens with zero attached hydrogens (tertiary/aromatic N) is 4. The molecule has 0 spiro atoms. The maximum Gasteiger partial charge on any atom is 0.240 e. The molecule has 2 fully saturated rings. The van der Waals surface area contributed by atoms with Gasteiger partial charge in [0.15, 0.2) is 5.65 Å². The van der Waals surface area contributed by atoms with Crippen molar-refractivity contribution in [3.63, 3.8) is 0 Å². The maximum atomic E-state index is 12.3. The zero-order chi connectivity index (χ0) is 16.7. The fourth-order valence-corrected chi connectivity index (χ4v) is 3.46. The highest BCUT2D eigenvalue weighted by molar-refractivity contribution is 5.89. The Morgan fingerprint density at radius 2 is 2.00 bits per heavy atom. The van der Waals surface area contributed by atoms with Crippen LogP contribution in [0.2, 0.25) is 0 Å². The minimum atomic E-state index is -0.625. The highest BCUT2D eigenvalue weighted by Gasteiger charge is 2.46. The van der Waals surface area contributed by atoms with Gasteiger partial charge in [-0.3, -0.25) is 4.79 Å². The van der Waals surface area contributed by atoms with Gasteiger partial charge in [-0.2, -0.15) is 0 Å². The van der Waals surface area contributed by atoms with Crippen LogP contribution in [0.5, 0.6) is 0 Å². The minimum absolute atomic E-state index is 0.0130. The Hall–Kier alpha value is -2.28. The Balaban J connectivity index is 1.57. The number of piperidine rings is 1. The monoisotopic (exact) mass is 326 g/mol. The van der Waals surface area contributed by atoms with Gasteiger partial charge in [0.25, 0.3) is 0 Å². The molecule has 0 aromatic carbocycles. The quantitative estimate of drug-likeness (QED) is 0.868. The number of carbonyl (C=O) groups is 1. The lowest BCUT2D eigenvalue weighted by Crippen LogP contribution is -2.54. The molecule has 7 heteroatoms. The summed E-state index contributed by atoms with van der Waals surface area (Å²) >= 11 is 0. The molecule has 3 heterocycles. The van der Waals surface area contributed by atoms with Crippen molar-refractivity contribution in [3.8, 4) is 0 Å². The fraction of sp³-hybridized carbons (Fsp3) is 0.529. The second-order valence-corrected chi connectivity index (χ2v) is 7.13. The number of carbonyl (C=O) groups excluding carboxylic acids is 1. The van der Waals surface area contributed by atoms with Crippen molar-refractivity contribution in [3.05, 3.63) is 24.7 Å². The summed E-state index contributed by atoms with van der Waals surface area (Å²) < 4.78 is 0. The van der Waals surface area contributed by atoms with Gasteiger partial charge in [0.05, 0.1) is 11.2 Å². The Morgan fingerprint density at radius 3 is 2.79 bits per heavy atom. The van der Waals surface area contributed by atoms with E-state index in [4.69, 9.17) is 5.73 Å². The highest BCUT2D eigenvalue weighted by Crippen LogP contribution is 2.33. The topological polar surface area (TPSA) is 97.0 Å². The van der Waals surface area contributed by atoms with Crippen molar-refractivity contribution in [1.29, 1.82) is 0 Å². The molecule has 2 atom stereocenters. The lowest BCUT2D eigenvalue weighted by Gasteiger charge is -2.38. The third-order valence-corrected chi connectivity index (χ3v) is 4.93. The van der Waals surface area contributed by atoms with Crippen molar-refractivity contribution in [2.45, 2.75) is 37.8 Å². The first-order valence-electron chi connectivity index (χ1n) is 8.46. The van der Waals surface area contributed by atoms with Gasteiger partial charge in [0.1, 0.15) is 5.52 Å². The highest BCUT2D eigenvalue weighted by atomic mass is 16.2. The number of rotatable bonds is 3. The molecular formula is C17H22N6O. The first-order valence-corrected chi connectivity index (χ1v) is 8.46. The number of hydrogen-bond acceptors (Lipinski definition) is 6. The van der Waals surface area contributed by atoms with Crippen molar-refractivity contribution < 1.29 is 4.79 Å². The molecule has 0 unspecified atom stereocenters. The molecule has 1 saturated carbocycles. The summed E-state index contributed by atoms with van der Waals surface area (Å²) in [5, 5.41) is 3.14. The van der Waals surface area contributed by atoms with Crippen LogP contribution in [0.25, 0.3) is 11.2 Å². The number of anilines is 1. The number of fused-ring (bicyclic) bond motifs is 1. The van der Waals surface area contributed by atoms with Crippen LogP contribution < -0.4 is 16.0 Å². The molecule has 2 aromatic heterocycles. The third kappa shape index (κ3) is 2.80. The van der Waals surface area contributed by atoms with Crippen LogP contribution in [0.4, 0.5) is 5.69 Å². The summed E-state index contributed by atoms with van der Waals surface area (Å²) in [4.78, 5) is 27.5. The zero-order valence-corrected chi connectivity index (χ0v) is 13.8. The summed E-state index contributed by atoms with van der Waals surface area (Å²) in [5.41, 5.74) is 7.85. The molecular weight excluding hydrogens is 304 g/mol. The third-order valence-electron chi connectivity index (χ3n) is 4.93. The van der Waals surface area contributed by atoms with Crippen LogP contribution in [0.1, 0.15) is 26.2 Å². The molecule has 24 heavy (non-hydrogen) atoms. The Labute approximate surface area is 140 Å². The first kappa shape index (κ1) is 15.3. The summed E-state index contributed by atoms with van der Waals surface area (Å²) in [6.07, 6.45) is 7.64. The van der Waals surface area contributed by atoms with E-state index in [9.17, 15) is 4.79 Å². The number of amides is 1. The zero-order valence-electron chi connectivity index (χ0n) is 13.8. The standard InChI is InChI=1S/C17H22N6O/c1-11-8-12(22-16(24)17(18)3-4-17)10-23(9-11)13-2-5-20-15-14(13)19-6-7-21-15/h2,5-7,11-12H,3-4,8-10,18H2,1H3,(H,22,24)/t11-,12+/m0/s1. The Kier molecular flexibility index (Phi) is 3.60. The molecule has 2 aromatic rings. The van der Waals surface area contributed by atoms with Crippen LogP contribution in [0, 0.1) is 5.92 Å². The predicted molar refractivity (Wildman–Crippen MR) is 91.4 cm³/mol. The van der Waals surface area contributed by atoms with E-state index in [1.54, 1.807) is 18.6 Å². The summed E-state index contributed by atoms with van der Waals surface area (Å²) in [5.74, 6) is 0.456. The number of nitrogens with two attached hydrogens (primary N) is 1. The first-order chi connectivity index (χ1) is 11.5. The molecule has 126 valence electrons. The second kappa shape index (κ2) is 5.66. The molecule has 0 radical (unpaired) electrons. The molecule has 7 nitrogen and oxygen atoms in total. The summed E-state index contributed by atoms with van der Waals surface area (Å²) in [6, 6.07) is 2.07. The van der Waals surface area contributed by atoms with Crippen LogP contribution >= 0.6 is 0 Å². The normalized spacial score (nSPS) is 25.5. The Morgan fingerprint density at radius 1 is 1.25 bits per heavy atom. The number of pyridine rings is 1. The van der Waals surface area contributed by atoms with E-state index in [1.165, 1.54) is 0 Å². The molecule has 1 aliphatic heterocycles. The number of nitrogens with one attached hydrogen (secondary N) is 1. The fourth-order valence-electron chi connectivity index (χ4n) is 3.46. The summed E-state index contributed by atoms with van der Waals surface area (Å²) in [7, 11) is 0. The minimum Gasteiger partial charge on any atom is -0.367 e. The van der Waals surface area contributed by atoms with Gasteiger partial charge < -0.3 is 16.0 Å². The molecule has 4 rings (SSSR count). The molecule has 2 aliphatic rings. The van der Waals surface area contributed by atoms with Gasteiger partial charge in [0, 0.05) is 37.7 Å². The lowest BCUT2D eigenvalue weighted by molar-refractivity contribution is -0.124. The van der Waals surface area contributed by atoms with Crippen molar-refractivity contribution >= 4 is 22.8 Å². The van der Waals surface area contributed by atoms with E-state index in [1.807, 2.05) is 6.07 Å². The van der Waals surface area contributed by atoms with E-state index in [2.05, 4.69) is 32.1 Å². The lowest BCUT2D eigenvalue weighted by atomic mass is 9.95. The van der Waals surface area contributed by atoms with Crippen molar-refractivity contribution in [2.75, 3.05) is 18.0 Å². The van der Waals surface area contributed by atoms with Gasteiger partial charge in [-0.15, -0.1) is 0 Å². The van der Waals surface area contributed by atoms with Crippen molar-refractivity contribution in [2.24, 2.45) is 11.7 Å². The van der Waals surface area contributed by atoms with Gasteiger partial charge in [-0.05, 0) is 31.2 Å². The van der Waals surface area contributed by atoms with E-state index < -0.39 is 5.54 Å². The van der Waals surface area contributed by atoms with Crippen LogP contribution in [0.15, 0.2) is 24.7 Å². The molecule has 1 aliphatic carbocycles. The van der Waals surface area contributed by atoms with Gasteiger partial charge in [-0.1, -0.05) is 6.92 Å².